The highest BCUT2D eigenvalue weighted by atomic mass is 32.1. The molecule has 0 unspecified atom stereocenters. The van der Waals surface area contributed by atoms with Gasteiger partial charge in [0.1, 0.15) is 5.76 Å². The lowest BCUT2D eigenvalue weighted by Crippen LogP contribution is -2.40. The largest absolute Gasteiger partial charge is 0.467 e. The smallest absolute Gasteiger partial charge is 0.318 e. The van der Waals surface area contributed by atoms with Crippen molar-refractivity contribution in [3.8, 4) is 0 Å². The van der Waals surface area contributed by atoms with E-state index >= 15 is 0 Å². The zero-order valence-corrected chi connectivity index (χ0v) is 13.9. The van der Waals surface area contributed by atoms with Crippen molar-refractivity contribution in [1.82, 2.24) is 10.2 Å². The fourth-order valence-corrected chi connectivity index (χ4v) is 4.10. The number of nitrogens with zero attached hydrogens (tertiary/aromatic N) is 1. The van der Waals surface area contributed by atoms with Crippen LogP contribution in [0, 0.1) is 0 Å². The highest BCUT2D eigenvalue weighted by Gasteiger charge is 2.18. The van der Waals surface area contributed by atoms with Crippen LogP contribution in [0.2, 0.25) is 0 Å². The average Bonchev–Trinajstić information content (AvgIpc) is 3.22. The van der Waals surface area contributed by atoms with Crippen LogP contribution in [0.5, 0.6) is 0 Å². The number of rotatable bonds is 6. The van der Waals surface area contributed by atoms with E-state index in [1.807, 2.05) is 6.07 Å². The minimum Gasteiger partial charge on any atom is -0.467 e. The third-order valence-corrected chi connectivity index (χ3v) is 5.30. The van der Waals surface area contributed by atoms with Gasteiger partial charge < -0.3 is 19.7 Å². The second-order valence-corrected chi connectivity index (χ2v) is 6.72. The number of aryl methyl sites for hydroxylation is 1. The summed E-state index contributed by atoms with van der Waals surface area (Å²) in [6, 6.07) is 3.45. The topological polar surface area (TPSA) is 65.7 Å². The van der Waals surface area contributed by atoms with Crippen molar-refractivity contribution in [1.29, 1.82) is 0 Å². The zero-order chi connectivity index (χ0) is 16.1. The molecule has 0 radical (unpaired) electrons. The Morgan fingerprint density at radius 2 is 2.26 bits per heavy atom. The first-order valence-electron chi connectivity index (χ1n) is 8.02. The van der Waals surface area contributed by atoms with E-state index in [9.17, 15) is 9.90 Å². The lowest BCUT2D eigenvalue weighted by molar-refractivity contribution is 0.169. The Kier molecular flexibility index (Phi) is 5.35. The standard InChI is InChI=1S/C17H22N2O3S/c20-8-7-19(11-14-4-3-9-22-14)17(21)18-10-13-12-23-16-6-2-1-5-15(13)16/h3-4,9,12,20H,1-2,5-8,10-11H2,(H,18,21). The van der Waals surface area contributed by atoms with Crippen molar-refractivity contribution in [2.24, 2.45) is 0 Å². The van der Waals surface area contributed by atoms with Gasteiger partial charge >= 0.3 is 6.03 Å². The molecule has 23 heavy (non-hydrogen) atoms. The molecule has 0 aromatic carbocycles. The van der Waals surface area contributed by atoms with Gasteiger partial charge in [-0.1, -0.05) is 0 Å². The van der Waals surface area contributed by atoms with Crippen molar-refractivity contribution in [2.75, 3.05) is 13.2 Å². The van der Waals surface area contributed by atoms with E-state index in [-0.39, 0.29) is 19.2 Å². The van der Waals surface area contributed by atoms with Crippen molar-refractivity contribution in [3.05, 3.63) is 45.5 Å². The monoisotopic (exact) mass is 334 g/mol. The highest BCUT2D eigenvalue weighted by molar-refractivity contribution is 7.10. The molecule has 0 aliphatic heterocycles. The predicted molar refractivity (Wildman–Crippen MR) is 89.4 cm³/mol. The minimum absolute atomic E-state index is 0.0675. The van der Waals surface area contributed by atoms with Crippen LogP contribution >= 0.6 is 11.3 Å². The van der Waals surface area contributed by atoms with Crippen LogP contribution in [-0.4, -0.2) is 29.2 Å². The molecule has 2 heterocycles. The van der Waals surface area contributed by atoms with Crippen molar-refractivity contribution >= 4 is 17.4 Å². The number of carbonyl (C=O) groups is 1. The van der Waals surface area contributed by atoms with Gasteiger partial charge in [-0.3, -0.25) is 0 Å². The molecule has 124 valence electrons. The molecule has 0 spiro atoms. The Morgan fingerprint density at radius 1 is 1.39 bits per heavy atom. The van der Waals surface area contributed by atoms with E-state index in [1.165, 1.54) is 35.3 Å². The van der Waals surface area contributed by atoms with E-state index in [0.717, 1.165) is 6.42 Å². The first kappa shape index (κ1) is 16.1. The molecule has 0 atom stereocenters. The van der Waals surface area contributed by atoms with Gasteiger partial charge in [-0.05, 0) is 54.3 Å². The van der Waals surface area contributed by atoms with Crippen LogP contribution < -0.4 is 5.32 Å². The van der Waals surface area contributed by atoms with Gasteiger partial charge in [-0.15, -0.1) is 11.3 Å². The maximum absolute atomic E-state index is 12.4. The number of thiophene rings is 1. The van der Waals surface area contributed by atoms with Crippen molar-refractivity contribution in [3.63, 3.8) is 0 Å². The molecule has 0 fully saturated rings. The van der Waals surface area contributed by atoms with Gasteiger partial charge in [0, 0.05) is 18.0 Å². The molecular formula is C17H22N2O3S. The molecule has 1 aliphatic carbocycles. The number of hydrogen-bond acceptors (Lipinski definition) is 4. The molecule has 3 rings (SSSR count). The average molecular weight is 334 g/mol. The highest BCUT2D eigenvalue weighted by Crippen LogP contribution is 2.30. The van der Waals surface area contributed by atoms with E-state index in [0.29, 0.717) is 18.8 Å². The lowest BCUT2D eigenvalue weighted by Gasteiger charge is -2.21. The van der Waals surface area contributed by atoms with E-state index in [4.69, 9.17) is 4.42 Å². The Morgan fingerprint density at radius 3 is 3.04 bits per heavy atom. The molecule has 2 aromatic rings. The van der Waals surface area contributed by atoms with Crippen LogP contribution in [0.1, 0.15) is 34.6 Å². The minimum atomic E-state index is -0.175. The third-order valence-electron chi connectivity index (χ3n) is 4.16. The number of nitrogens with one attached hydrogen (secondary N) is 1. The maximum atomic E-state index is 12.4. The summed E-state index contributed by atoms with van der Waals surface area (Å²) in [6.45, 7) is 1.13. The lowest BCUT2D eigenvalue weighted by atomic mass is 9.96. The number of fused-ring (bicyclic) bond motifs is 1. The van der Waals surface area contributed by atoms with Crippen molar-refractivity contribution in [2.45, 2.75) is 38.8 Å². The third kappa shape index (κ3) is 3.95. The number of aliphatic hydroxyl groups excluding tert-OH is 1. The maximum Gasteiger partial charge on any atom is 0.318 e. The molecule has 5 nitrogen and oxygen atoms in total. The summed E-state index contributed by atoms with van der Waals surface area (Å²) >= 11 is 1.81. The van der Waals surface area contributed by atoms with Gasteiger partial charge in [-0.2, -0.15) is 0 Å². The number of furan rings is 1. The van der Waals surface area contributed by atoms with E-state index in [2.05, 4.69) is 10.7 Å². The molecule has 1 aliphatic rings. The Hall–Kier alpha value is -1.79. The summed E-state index contributed by atoms with van der Waals surface area (Å²) in [7, 11) is 0. The number of hydrogen-bond donors (Lipinski definition) is 2. The molecule has 6 heteroatoms. The van der Waals surface area contributed by atoms with Gasteiger partial charge in [-0.25, -0.2) is 4.79 Å². The van der Waals surface area contributed by atoms with Gasteiger partial charge in [0.25, 0.3) is 0 Å². The summed E-state index contributed by atoms with van der Waals surface area (Å²) in [6.07, 6.45) is 6.38. The van der Waals surface area contributed by atoms with Crippen LogP contribution in [0.3, 0.4) is 0 Å². The number of aliphatic hydroxyl groups is 1. The number of amides is 2. The molecule has 0 bridgehead atoms. The molecule has 2 aromatic heterocycles. The second kappa shape index (κ2) is 7.66. The molecule has 2 N–H and O–H groups in total. The van der Waals surface area contributed by atoms with Crippen LogP contribution in [0.25, 0.3) is 0 Å². The van der Waals surface area contributed by atoms with Crippen LogP contribution in [0.15, 0.2) is 28.2 Å². The zero-order valence-electron chi connectivity index (χ0n) is 13.1. The first-order chi connectivity index (χ1) is 11.3. The van der Waals surface area contributed by atoms with Gasteiger partial charge in [0.2, 0.25) is 0 Å². The number of carbonyl (C=O) groups excluding carboxylic acids is 1. The molecular weight excluding hydrogens is 312 g/mol. The Bertz CT molecular complexity index is 636. The molecule has 2 amide bonds. The summed E-state index contributed by atoms with van der Waals surface area (Å²) in [5.74, 6) is 0.710. The SMILES string of the molecule is O=C(NCc1csc2c1CCCC2)N(CCO)Cc1ccco1. The molecule has 0 saturated carbocycles. The predicted octanol–water partition coefficient (Wildman–Crippen LogP) is 2.92. The van der Waals surface area contributed by atoms with Gasteiger partial charge in [0.05, 0.1) is 19.4 Å². The van der Waals surface area contributed by atoms with Crippen molar-refractivity contribution < 1.29 is 14.3 Å². The van der Waals surface area contributed by atoms with Crippen LogP contribution in [-0.2, 0) is 25.9 Å². The number of urea groups is 1. The van der Waals surface area contributed by atoms with E-state index in [1.54, 1.807) is 28.6 Å². The summed E-state index contributed by atoms with van der Waals surface area (Å²) in [5, 5.41) is 14.3. The fourth-order valence-electron chi connectivity index (χ4n) is 2.96. The Labute approximate surface area is 139 Å². The van der Waals surface area contributed by atoms with Gasteiger partial charge in [0.15, 0.2) is 0 Å². The quantitative estimate of drug-likeness (QED) is 0.853. The summed E-state index contributed by atoms with van der Waals surface area (Å²) in [4.78, 5) is 15.4. The van der Waals surface area contributed by atoms with E-state index < -0.39 is 0 Å². The summed E-state index contributed by atoms with van der Waals surface area (Å²) < 4.78 is 5.28. The second-order valence-electron chi connectivity index (χ2n) is 5.75. The summed E-state index contributed by atoms with van der Waals surface area (Å²) in [5.41, 5.74) is 2.67. The fraction of sp³-hybridized carbons (Fsp3) is 0.471. The first-order valence-corrected chi connectivity index (χ1v) is 8.90. The molecule has 0 saturated heterocycles. The Balaban J connectivity index is 1.59. The normalized spacial score (nSPS) is 13.6. The van der Waals surface area contributed by atoms with Crippen LogP contribution in [0.4, 0.5) is 4.79 Å².